The molecule has 0 saturated carbocycles. The molecule has 0 aliphatic heterocycles. The van der Waals surface area contributed by atoms with E-state index in [1.807, 2.05) is 0 Å². The Morgan fingerprint density at radius 1 is 1.18 bits per heavy atom. The first-order valence-corrected chi connectivity index (χ1v) is 9.24. The highest BCUT2D eigenvalue weighted by Gasteiger charge is 2.25. The van der Waals surface area contributed by atoms with Crippen LogP contribution in [0.1, 0.15) is 23.0 Å². The second-order valence-corrected chi connectivity index (χ2v) is 6.62. The third kappa shape index (κ3) is 4.25. The maximum absolute atomic E-state index is 13.1. The fourth-order valence-corrected chi connectivity index (χ4v) is 2.86. The molecule has 0 aliphatic rings. The van der Waals surface area contributed by atoms with Crippen molar-refractivity contribution in [3.8, 4) is 17.1 Å². The normalized spacial score (nSPS) is 11.4. The van der Waals surface area contributed by atoms with Crippen molar-refractivity contribution in [1.82, 2.24) is 30.7 Å². The van der Waals surface area contributed by atoms with Crippen LogP contribution >= 0.6 is 0 Å². The molecule has 4 rings (SSSR count). The number of hydrogen-bond donors (Lipinski definition) is 2. The van der Waals surface area contributed by atoms with Crippen LogP contribution in [0.15, 0.2) is 58.3 Å². The van der Waals surface area contributed by atoms with E-state index in [1.165, 1.54) is 48.5 Å². The highest BCUT2D eigenvalue weighted by Crippen LogP contribution is 2.28. The molecule has 2 aromatic carbocycles. The molecule has 0 aliphatic carbocycles. The van der Waals surface area contributed by atoms with E-state index in [1.54, 1.807) is 6.92 Å². The van der Waals surface area contributed by atoms with Gasteiger partial charge in [-0.3, -0.25) is 14.9 Å². The van der Waals surface area contributed by atoms with Gasteiger partial charge >= 0.3 is 0 Å². The van der Waals surface area contributed by atoms with Gasteiger partial charge in [0.1, 0.15) is 11.5 Å². The number of amides is 1. The zero-order valence-corrected chi connectivity index (χ0v) is 16.8. The molecule has 166 valence electrons. The highest BCUT2D eigenvalue weighted by atomic mass is 19.1. The maximum Gasteiger partial charge on any atom is 0.294 e. The van der Waals surface area contributed by atoms with Gasteiger partial charge in [-0.1, -0.05) is 17.3 Å². The molecule has 2 aromatic heterocycles. The van der Waals surface area contributed by atoms with Crippen molar-refractivity contribution < 1.29 is 18.7 Å². The second-order valence-electron chi connectivity index (χ2n) is 6.62. The van der Waals surface area contributed by atoms with Crippen LogP contribution in [0, 0.1) is 15.9 Å². The number of nitrogens with two attached hydrogens (primary N) is 1. The molecule has 0 spiro atoms. The van der Waals surface area contributed by atoms with Gasteiger partial charge < -0.3 is 5.73 Å². The maximum atomic E-state index is 13.1. The quantitative estimate of drug-likeness (QED) is 0.252. The van der Waals surface area contributed by atoms with Crippen LogP contribution in [0.4, 0.5) is 15.9 Å². The van der Waals surface area contributed by atoms with Crippen molar-refractivity contribution >= 4 is 23.1 Å². The Morgan fingerprint density at radius 3 is 2.48 bits per heavy atom. The third-order valence-corrected chi connectivity index (χ3v) is 4.52. The summed E-state index contributed by atoms with van der Waals surface area (Å²) in [6.07, 6.45) is 0. The molecule has 0 bridgehead atoms. The second kappa shape index (κ2) is 8.62. The van der Waals surface area contributed by atoms with E-state index in [4.69, 9.17) is 5.73 Å². The summed E-state index contributed by atoms with van der Waals surface area (Å²) in [5, 5.41) is 30.0. The lowest BCUT2D eigenvalue weighted by molar-refractivity contribution is -0.384. The highest BCUT2D eigenvalue weighted by molar-refractivity contribution is 6.02. The number of anilines is 1. The summed E-state index contributed by atoms with van der Waals surface area (Å²) in [5.41, 5.74) is 9.29. The number of hydrogen-bond acceptors (Lipinski definition) is 10. The van der Waals surface area contributed by atoms with Crippen molar-refractivity contribution in [3.05, 3.63) is 75.7 Å². The zero-order chi connectivity index (χ0) is 23.5. The van der Waals surface area contributed by atoms with Crippen LogP contribution < -0.4 is 11.2 Å². The Bertz CT molecular complexity index is 1360. The number of hydrazone groups is 1. The Morgan fingerprint density at radius 2 is 1.88 bits per heavy atom. The van der Waals surface area contributed by atoms with Crippen molar-refractivity contribution in [2.45, 2.75) is 6.92 Å². The fraction of sp³-hybridized carbons (Fsp3) is 0.0526. The lowest BCUT2D eigenvalue weighted by Gasteiger charge is -2.06. The molecule has 4 aromatic rings. The van der Waals surface area contributed by atoms with E-state index >= 15 is 0 Å². The third-order valence-electron chi connectivity index (χ3n) is 4.52. The average Bonchev–Trinajstić information content (AvgIpc) is 3.43. The van der Waals surface area contributed by atoms with E-state index in [0.29, 0.717) is 16.8 Å². The number of nitro groups is 1. The summed E-state index contributed by atoms with van der Waals surface area (Å²) in [7, 11) is 0. The Kier molecular flexibility index (Phi) is 5.55. The largest absolute Gasteiger partial charge is 0.378 e. The molecule has 0 fully saturated rings. The minimum atomic E-state index is -0.730. The topological polar surface area (TPSA) is 180 Å². The Hall–Kier alpha value is -5.01. The SMILES string of the molecule is C/C(=N/NC(=O)c1nnn(-c2nonc2N)c1-c1ccc([N+](=O)[O-])cc1)c1ccc(F)cc1. The number of carbonyl (C=O) groups excluding carboxylic acids is 1. The fourth-order valence-electron chi connectivity index (χ4n) is 2.86. The molecular weight excluding hydrogens is 437 g/mol. The molecule has 13 nitrogen and oxygen atoms in total. The first-order valence-electron chi connectivity index (χ1n) is 9.24. The lowest BCUT2D eigenvalue weighted by Crippen LogP contribution is -2.21. The van der Waals surface area contributed by atoms with Gasteiger partial charge in [0.2, 0.25) is 11.6 Å². The number of aromatic nitrogens is 5. The van der Waals surface area contributed by atoms with E-state index in [9.17, 15) is 19.3 Å². The van der Waals surface area contributed by atoms with Crippen molar-refractivity contribution in [1.29, 1.82) is 0 Å². The number of halogens is 1. The molecule has 33 heavy (non-hydrogen) atoms. The number of nitrogens with zero attached hydrogens (tertiary/aromatic N) is 7. The molecule has 0 saturated heterocycles. The zero-order valence-electron chi connectivity index (χ0n) is 16.8. The molecule has 1 amide bonds. The summed E-state index contributed by atoms with van der Waals surface area (Å²) in [5.74, 6) is -1.27. The van der Waals surface area contributed by atoms with E-state index in [-0.39, 0.29) is 28.7 Å². The number of nitrogens with one attached hydrogen (secondary N) is 1. The predicted molar refractivity (Wildman–Crippen MR) is 112 cm³/mol. The van der Waals surface area contributed by atoms with Crippen LogP contribution in [0.3, 0.4) is 0 Å². The van der Waals surface area contributed by atoms with Crippen molar-refractivity contribution in [2.24, 2.45) is 5.10 Å². The summed E-state index contributed by atoms with van der Waals surface area (Å²) in [6.45, 7) is 1.63. The van der Waals surface area contributed by atoms with Gasteiger partial charge in [-0.25, -0.2) is 14.4 Å². The monoisotopic (exact) mass is 451 g/mol. The van der Waals surface area contributed by atoms with Gasteiger partial charge in [0.15, 0.2) is 5.69 Å². The number of carbonyl (C=O) groups is 1. The first kappa shape index (κ1) is 21.2. The van der Waals surface area contributed by atoms with Crippen molar-refractivity contribution in [2.75, 3.05) is 5.73 Å². The molecule has 0 radical (unpaired) electrons. The Labute approximate surface area is 183 Å². The predicted octanol–water partition coefficient (Wildman–Crippen LogP) is 2.10. The molecule has 3 N–H and O–H groups in total. The average molecular weight is 451 g/mol. The van der Waals surface area contributed by atoms with Crippen LogP contribution in [-0.4, -0.2) is 41.8 Å². The number of nitro benzene ring substituents is 1. The summed E-state index contributed by atoms with van der Waals surface area (Å²) < 4.78 is 18.8. The molecule has 2 heterocycles. The van der Waals surface area contributed by atoms with Gasteiger partial charge in [-0.2, -0.15) is 9.78 Å². The van der Waals surface area contributed by atoms with Gasteiger partial charge in [0.25, 0.3) is 11.6 Å². The molecule has 0 atom stereocenters. The van der Waals surface area contributed by atoms with Crippen LogP contribution in [-0.2, 0) is 0 Å². The van der Waals surface area contributed by atoms with Crippen LogP contribution in [0.5, 0.6) is 0 Å². The van der Waals surface area contributed by atoms with Crippen LogP contribution in [0.2, 0.25) is 0 Å². The van der Waals surface area contributed by atoms with E-state index in [0.717, 1.165) is 4.68 Å². The summed E-state index contributed by atoms with van der Waals surface area (Å²) in [6, 6.07) is 10.9. The lowest BCUT2D eigenvalue weighted by atomic mass is 10.1. The molecule has 0 unspecified atom stereocenters. The van der Waals surface area contributed by atoms with Gasteiger partial charge in [0, 0.05) is 17.7 Å². The summed E-state index contributed by atoms with van der Waals surface area (Å²) >= 11 is 0. The molecular formula is C19H14FN9O4. The number of rotatable bonds is 6. The van der Waals surface area contributed by atoms with Gasteiger partial charge in [-0.05, 0) is 47.1 Å². The Balaban J connectivity index is 1.72. The number of nitrogen functional groups attached to an aromatic ring is 1. The van der Waals surface area contributed by atoms with Crippen LogP contribution in [0.25, 0.3) is 17.1 Å². The number of benzene rings is 2. The van der Waals surface area contributed by atoms with Gasteiger partial charge in [-0.15, -0.1) is 5.10 Å². The summed E-state index contributed by atoms with van der Waals surface area (Å²) in [4.78, 5) is 23.3. The van der Waals surface area contributed by atoms with E-state index < -0.39 is 16.6 Å². The van der Waals surface area contributed by atoms with Gasteiger partial charge in [0.05, 0.1) is 10.6 Å². The minimum Gasteiger partial charge on any atom is -0.378 e. The van der Waals surface area contributed by atoms with Crippen molar-refractivity contribution in [3.63, 3.8) is 0 Å². The first-order chi connectivity index (χ1) is 15.8. The standard InChI is InChI=1S/C19H14FN9O4/c1-10(11-2-6-13(20)7-3-11)22-24-19(30)15-16(12-4-8-14(9-5-12)29(31)32)28(27-23-15)18-17(21)25-33-26-18/h2-9H,1H3,(H2,21,25)(H,24,30)/b22-10-. The molecule has 14 heteroatoms. The smallest absolute Gasteiger partial charge is 0.294 e. The number of non-ortho nitro benzene ring substituents is 1. The minimum absolute atomic E-state index is 0.0269. The van der Waals surface area contributed by atoms with E-state index in [2.05, 4.69) is 35.8 Å².